The first-order chi connectivity index (χ1) is 15.4. The third-order valence-corrected chi connectivity index (χ3v) is 4.20. The number of alkyl halides is 6. The predicted molar refractivity (Wildman–Crippen MR) is 103 cm³/mol. The lowest BCUT2D eigenvalue weighted by atomic mass is 10.0. The molecule has 0 fully saturated rings. The molecule has 13 heteroatoms. The molecule has 0 spiro atoms. The van der Waals surface area contributed by atoms with E-state index in [4.69, 9.17) is 0 Å². The molecule has 6 nitrogen and oxygen atoms in total. The molecule has 0 aliphatic carbocycles. The molecule has 0 bridgehead atoms. The molecule has 1 aromatic heterocycles. The van der Waals surface area contributed by atoms with Gasteiger partial charge >= 0.3 is 12.4 Å². The van der Waals surface area contributed by atoms with E-state index in [-0.39, 0.29) is 23.4 Å². The highest BCUT2D eigenvalue weighted by atomic mass is 19.4. The molecule has 0 aliphatic rings. The minimum atomic E-state index is -5.31. The summed E-state index contributed by atoms with van der Waals surface area (Å²) in [5.41, 5.74) is -3.81. The van der Waals surface area contributed by atoms with Crippen LogP contribution in [0.3, 0.4) is 0 Å². The van der Waals surface area contributed by atoms with Crippen molar-refractivity contribution in [3.63, 3.8) is 0 Å². The molecule has 3 rings (SSSR count). The van der Waals surface area contributed by atoms with Crippen LogP contribution in [-0.4, -0.2) is 16.2 Å². The fourth-order valence-corrected chi connectivity index (χ4v) is 2.74. The molecule has 2 N–H and O–H groups in total. The van der Waals surface area contributed by atoms with Crippen molar-refractivity contribution in [2.75, 3.05) is 5.43 Å². The maximum atomic E-state index is 14.1. The average Bonchev–Trinajstić information content (AvgIpc) is 2.73. The fraction of sp³-hybridized carbons (Fsp3) is 0.100. The van der Waals surface area contributed by atoms with Gasteiger partial charge in [0.25, 0.3) is 5.56 Å². The number of aromatic amines is 1. The van der Waals surface area contributed by atoms with Gasteiger partial charge in [0.2, 0.25) is 5.95 Å². The van der Waals surface area contributed by atoms with Crippen molar-refractivity contribution in [1.29, 1.82) is 5.26 Å². The number of halogens is 7. The first kappa shape index (κ1) is 23.5. The van der Waals surface area contributed by atoms with Crippen LogP contribution in [0.2, 0.25) is 0 Å². The normalized spacial score (nSPS) is 12.1. The molecule has 0 saturated carbocycles. The largest absolute Gasteiger partial charge is 0.417 e. The third-order valence-electron chi connectivity index (χ3n) is 4.20. The predicted octanol–water partition coefficient (Wildman–Crippen LogP) is 4.93. The van der Waals surface area contributed by atoms with Crippen molar-refractivity contribution in [2.24, 2.45) is 5.10 Å². The highest BCUT2D eigenvalue weighted by Gasteiger charge is 2.39. The Morgan fingerprint density at radius 3 is 2.30 bits per heavy atom. The Morgan fingerprint density at radius 1 is 1.06 bits per heavy atom. The first-order valence-electron chi connectivity index (χ1n) is 8.78. The number of hydrogen-bond donors (Lipinski definition) is 2. The van der Waals surface area contributed by atoms with Gasteiger partial charge in [0, 0.05) is 11.1 Å². The molecule has 170 valence electrons. The van der Waals surface area contributed by atoms with Crippen LogP contribution in [0.25, 0.3) is 11.3 Å². The summed E-state index contributed by atoms with van der Waals surface area (Å²) in [6, 6.07) is 9.33. The van der Waals surface area contributed by atoms with Crippen LogP contribution in [0, 0.1) is 17.1 Å². The number of anilines is 1. The quantitative estimate of drug-likeness (QED) is 0.322. The Balaban J connectivity index is 2.01. The number of nitrogens with one attached hydrogen (secondary N) is 2. The van der Waals surface area contributed by atoms with E-state index in [1.54, 1.807) is 36.4 Å². The number of aromatic nitrogens is 2. The Hall–Kier alpha value is -4.21. The lowest BCUT2D eigenvalue weighted by Gasteiger charge is -2.14. The van der Waals surface area contributed by atoms with Crippen molar-refractivity contribution in [3.8, 4) is 17.3 Å². The van der Waals surface area contributed by atoms with Crippen molar-refractivity contribution in [1.82, 2.24) is 9.97 Å². The number of hydrogen-bond acceptors (Lipinski definition) is 5. The monoisotopic (exact) mass is 469 g/mol. The summed E-state index contributed by atoms with van der Waals surface area (Å²) in [4.78, 5) is 18.3. The molecule has 3 aromatic rings. The minimum Gasteiger partial charge on any atom is -0.290 e. The second-order valence-corrected chi connectivity index (χ2v) is 6.40. The van der Waals surface area contributed by atoms with Crippen molar-refractivity contribution >= 4 is 12.2 Å². The van der Waals surface area contributed by atoms with E-state index >= 15 is 0 Å². The fourth-order valence-electron chi connectivity index (χ4n) is 2.74. The zero-order chi connectivity index (χ0) is 24.4. The zero-order valence-electron chi connectivity index (χ0n) is 16.0. The summed E-state index contributed by atoms with van der Waals surface area (Å²) in [5, 5.41) is 12.6. The molecule has 0 aliphatic heterocycles. The number of nitriles is 1. The standard InChI is InChI=1S/C20H10F7N5O/c21-15-7-11(19(22,23)24)6-14(20(25,26)27)13(15)9-29-32-18-30-16(10-4-2-1-3-5-10)12(8-28)17(33)31-18/h1-7,9H,(H2,30,31,32,33). The van der Waals surface area contributed by atoms with Gasteiger partial charge in [-0.25, -0.2) is 14.8 Å². The van der Waals surface area contributed by atoms with Gasteiger partial charge in [0.1, 0.15) is 17.4 Å². The maximum absolute atomic E-state index is 14.1. The van der Waals surface area contributed by atoms with Gasteiger partial charge in [-0.05, 0) is 12.1 Å². The van der Waals surface area contributed by atoms with Crippen LogP contribution in [0.4, 0.5) is 36.7 Å². The Morgan fingerprint density at radius 2 is 1.73 bits per heavy atom. The molecule has 2 aromatic carbocycles. The second kappa shape index (κ2) is 8.73. The van der Waals surface area contributed by atoms with Gasteiger partial charge in [0.05, 0.1) is 23.0 Å². The second-order valence-electron chi connectivity index (χ2n) is 6.40. The lowest BCUT2D eigenvalue weighted by Crippen LogP contribution is -2.17. The topological polar surface area (TPSA) is 93.9 Å². The number of H-pyrrole nitrogens is 1. The molecule has 0 radical (unpaired) electrons. The van der Waals surface area contributed by atoms with Gasteiger partial charge in [-0.1, -0.05) is 30.3 Å². The maximum Gasteiger partial charge on any atom is 0.417 e. The third kappa shape index (κ3) is 5.17. The van der Waals surface area contributed by atoms with Crippen molar-refractivity contribution in [3.05, 3.63) is 80.9 Å². The minimum absolute atomic E-state index is 0.0590. The highest BCUT2D eigenvalue weighted by Crippen LogP contribution is 2.38. The van der Waals surface area contributed by atoms with Gasteiger partial charge in [-0.2, -0.15) is 36.7 Å². The summed E-state index contributed by atoms with van der Waals surface area (Å²) in [7, 11) is 0. The van der Waals surface area contributed by atoms with E-state index in [1.807, 2.05) is 0 Å². The van der Waals surface area contributed by atoms with E-state index in [0.717, 1.165) is 0 Å². The molecule has 0 amide bonds. The van der Waals surface area contributed by atoms with E-state index in [1.165, 1.54) is 0 Å². The summed E-state index contributed by atoms with van der Waals surface area (Å²) < 4.78 is 92.1. The van der Waals surface area contributed by atoms with Crippen LogP contribution >= 0.6 is 0 Å². The molecule has 33 heavy (non-hydrogen) atoms. The highest BCUT2D eigenvalue weighted by molar-refractivity contribution is 5.83. The van der Waals surface area contributed by atoms with Crippen LogP contribution < -0.4 is 11.0 Å². The number of rotatable bonds is 4. The van der Waals surface area contributed by atoms with Crippen LogP contribution in [0.1, 0.15) is 22.3 Å². The Kier molecular flexibility index (Phi) is 6.21. The molecular weight excluding hydrogens is 459 g/mol. The smallest absolute Gasteiger partial charge is 0.290 e. The summed E-state index contributed by atoms with van der Waals surface area (Å²) in [6.45, 7) is 0. The first-order valence-corrected chi connectivity index (χ1v) is 8.78. The lowest BCUT2D eigenvalue weighted by molar-refractivity contribution is -0.143. The Labute approximate surface area is 180 Å². The SMILES string of the molecule is N#Cc1c(-c2ccccc2)nc(NN=Cc2c(F)cc(C(F)(F)F)cc2C(F)(F)F)[nH]c1=O. The molecule has 0 unspecified atom stereocenters. The van der Waals surface area contributed by atoms with Gasteiger partial charge in [0.15, 0.2) is 0 Å². The molecular formula is C20H10F7N5O. The number of benzene rings is 2. The summed E-state index contributed by atoms with van der Waals surface area (Å²) in [6.07, 6.45) is -10.2. The van der Waals surface area contributed by atoms with Crippen LogP contribution in [-0.2, 0) is 12.4 Å². The number of nitrogens with zero attached hydrogens (tertiary/aromatic N) is 3. The van der Waals surface area contributed by atoms with Gasteiger partial charge in [-0.3, -0.25) is 9.78 Å². The van der Waals surface area contributed by atoms with Crippen molar-refractivity contribution in [2.45, 2.75) is 12.4 Å². The average molecular weight is 469 g/mol. The van der Waals surface area contributed by atoms with E-state index in [9.17, 15) is 40.8 Å². The van der Waals surface area contributed by atoms with E-state index < -0.39 is 46.4 Å². The Bertz CT molecular complexity index is 1310. The molecule has 1 heterocycles. The van der Waals surface area contributed by atoms with Crippen LogP contribution in [0.15, 0.2) is 52.4 Å². The van der Waals surface area contributed by atoms with Crippen molar-refractivity contribution < 1.29 is 30.7 Å². The molecule has 0 saturated heterocycles. The van der Waals surface area contributed by atoms with E-state index in [0.29, 0.717) is 11.8 Å². The van der Waals surface area contributed by atoms with Gasteiger partial charge in [-0.15, -0.1) is 0 Å². The zero-order valence-corrected chi connectivity index (χ0v) is 16.0. The number of hydrazone groups is 1. The van der Waals surface area contributed by atoms with Crippen LogP contribution in [0.5, 0.6) is 0 Å². The molecule has 0 atom stereocenters. The van der Waals surface area contributed by atoms with Gasteiger partial charge < -0.3 is 0 Å². The summed E-state index contributed by atoms with van der Waals surface area (Å²) in [5.74, 6) is -2.22. The summed E-state index contributed by atoms with van der Waals surface area (Å²) >= 11 is 0. The van der Waals surface area contributed by atoms with E-state index in [2.05, 4.69) is 20.5 Å².